The first kappa shape index (κ1) is 13.8. The van der Waals surface area contributed by atoms with Crippen molar-refractivity contribution in [2.45, 2.75) is 25.2 Å². The maximum absolute atomic E-state index is 11.1. The van der Waals surface area contributed by atoms with Crippen LogP contribution < -0.4 is 0 Å². The predicted octanol–water partition coefficient (Wildman–Crippen LogP) is 1.52. The lowest BCUT2D eigenvalue weighted by Gasteiger charge is -2.14. The van der Waals surface area contributed by atoms with Gasteiger partial charge in [-0.1, -0.05) is 0 Å². The van der Waals surface area contributed by atoms with E-state index in [1.54, 1.807) is 0 Å². The molecule has 0 aromatic heterocycles. The number of carboxylic acid groups (broad SMARTS) is 2. The Labute approximate surface area is 103 Å². The van der Waals surface area contributed by atoms with Gasteiger partial charge in [-0.05, 0) is 31.0 Å². The molecule has 0 saturated heterocycles. The van der Waals surface area contributed by atoms with Crippen LogP contribution in [0.25, 0.3) is 0 Å². The highest BCUT2D eigenvalue weighted by molar-refractivity contribution is 5.77. The smallest absolute Gasteiger partial charge is 0.311 e. The van der Waals surface area contributed by atoms with Crippen LogP contribution >= 0.6 is 0 Å². The number of hydrogen-bond donors (Lipinski definition) is 4. The third kappa shape index (κ3) is 3.65. The molecule has 0 spiro atoms. The maximum Gasteiger partial charge on any atom is 0.311 e. The standard InChI is InChI=1S/C12H14O6/c13-7-4-5-10(14)9(6-7)8(12(17)18)2-1-3-11(15)16/h4-6,8,13-14H,1-3H2,(H,15,16)(H,17,18). The Morgan fingerprint density at radius 1 is 1.17 bits per heavy atom. The van der Waals surface area contributed by atoms with Gasteiger partial charge in [0.1, 0.15) is 11.5 Å². The highest BCUT2D eigenvalue weighted by Crippen LogP contribution is 2.32. The van der Waals surface area contributed by atoms with E-state index in [1.807, 2.05) is 0 Å². The fraction of sp³-hybridized carbons (Fsp3) is 0.333. The second-order valence-corrected chi connectivity index (χ2v) is 3.92. The van der Waals surface area contributed by atoms with E-state index in [-0.39, 0.29) is 36.3 Å². The molecule has 0 aliphatic rings. The third-order valence-corrected chi connectivity index (χ3v) is 2.57. The molecule has 1 aromatic rings. The Bertz CT molecular complexity index is 454. The Morgan fingerprint density at radius 2 is 1.83 bits per heavy atom. The summed E-state index contributed by atoms with van der Waals surface area (Å²) in [4.78, 5) is 21.5. The first-order valence-electron chi connectivity index (χ1n) is 5.38. The summed E-state index contributed by atoms with van der Waals surface area (Å²) >= 11 is 0. The molecule has 0 aliphatic heterocycles. The maximum atomic E-state index is 11.1. The SMILES string of the molecule is O=C(O)CCCC(C(=O)O)c1cc(O)ccc1O. The summed E-state index contributed by atoms with van der Waals surface area (Å²) in [5.74, 6) is -3.57. The summed E-state index contributed by atoms with van der Waals surface area (Å²) in [6, 6.07) is 3.63. The van der Waals surface area contributed by atoms with Crippen LogP contribution in [0.15, 0.2) is 18.2 Å². The lowest BCUT2D eigenvalue weighted by molar-refractivity contribution is -0.140. The first-order chi connectivity index (χ1) is 8.41. The van der Waals surface area contributed by atoms with Crippen molar-refractivity contribution in [3.8, 4) is 11.5 Å². The lowest BCUT2D eigenvalue weighted by Crippen LogP contribution is -2.12. The van der Waals surface area contributed by atoms with E-state index in [4.69, 9.17) is 10.2 Å². The second-order valence-electron chi connectivity index (χ2n) is 3.92. The molecule has 0 radical (unpaired) electrons. The van der Waals surface area contributed by atoms with Gasteiger partial charge in [-0.2, -0.15) is 0 Å². The summed E-state index contributed by atoms with van der Waals surface area (Å²) in [5.41, 5.74) is 0.0906. The minimum atomic E-state index is -1.17. The topological polar surface area (TPSA) is 115 Å². The van der Waals surface area contributed by atoms with Crippen molar-refractivity contribution in [2.24, 2.45) is 0 Å². The van der Waals surface area contributed by atoms with E-state index in [9.17, 15) is 19.8 Å². The number of aliphatic carboxylic acids is 2. The van der Waals surface area contributed by atoms with Gasteiger partial charge in [0.25, 0.3) is 0 Å². The van der Waals surface area contributed by atoms with E-state index in [1.165, 1.54) is 18.2 Å². The van der Waals surface area contributed by atoms with Gasteiger partial charge >= 0.3 is 11.9 Å². The van der Waals surface area contributed by atoms with Gasteiger partial charge in [-0.25, -0.2) is 0 Å². The van der Waals surface area contributed by atoms with Crippen molar-refractivity contribution >= 4 is 11.9 Å². The Balaban J connectivity index is 2.87. The second kappa shape index (κ2) is 5.90. The van der Waals surface area contributed by atoms with Gasteiger partial charge in [0.05, 0.1) is 5.92 Å². The zero-order chi connectivity index (χ0) is 13.7. The lowest BCUT2D eigenvalue weighted by atomic mass is 9.92. The average molecular weight is 254 g/mol. The molecule has 4 N–H and O–H groups in total. The molecule has 1 unspecified atom stereocenters. The van der Waals surface area contributed by atoms with Crippen molar-refractivity contribution in [1.29, 1.82) is 0 Å². The van der Waals surface area contributed by atoms with Crippen LogP contribution in [0.3, 0.4) is 0 Å². The summed E-state index contributed by atoms with van der Waals surface area (Å²) < 4.78 is 0. The molecule has 1 atom stereocenters. The van der Waals surface area contributed by atoms with E-state index >= 15 is 0 Å². The highest BCUT2D eigenvalue weighted by atomic mass is 16.4. The van der Waals surface area contributed by atoms with Crippen LogP contribution in [0.2, 0.25) is 0 Å². The normalized spacial score (nSPS) is 12.0. The number of carboxylic acids is 2. The van der Waals surface area contributed by atoms with E-state index in [0.29, 0.717) is 0 Å². The quantitative estimate of drug-likeness (QED) is 0.572. The number of phenols is 2. The number of hydrogen-bond acceptors (Lipinski definition) is 4. The molecule has 0 bridgehead atoms. The van der Waals surface area contributed by atoms with Crippen LogP contribution in [0, 0.1) is 0 Å². The molecule has 98 valence electrons. The van der Waals surface area contributed by atoms with Crippen molar-refractivity contribution in [3.05, 3.63) is 23.8 Å². The van der Waals surface area contributed by atoms with Crippen LogP contribution in [0.4, 0.5) is 0 Å². The van der Waals surface area contributed by atoms with Gasteiger partial charge in [0, 0.05) is 12.0 Å². The largest absolute Gasteiger partial charge is 0.508 e. The summed E-state index contributed by atoms with van der Waals surface area (Å²) in [5, 5.41) is 36.4. The first-order valence-corrected chi connectivity index (χ1v) is 5.38. The van der Waals surface area contributed by atoms with Gasteiger partial charge in [-0.15, -0.1) is 0 Å². The molecule has 0 saturated carbocycles. The summed E-state index contributed by atoms with van der Waals surface area (Å²) in [6.07, 6.45) is 0.128. The molecule has 6 nitrogen and oxygen atoms in total. The molecule has 6 heteroatoms. The monoisotopic (exact) mass is 254 g/mol. The summed E-state index contributed by atoms with van der Waals surface area (Å²) in [7, 11) is 0. The molecule has 1 aromatic carbocycles. The number of benzene rings is 1. The average Bonchev–Trinajstić information content (AvgIpc) is 2.27. The van der Waals surface area contributed by atoms with Crippen molar-refractivity contribution < 1.29 is 30.0 Å². The van der Waals surface area contributed by atoms with Crippen molar-refractivity contribution in [2.75, 3.05) is 0 Å². The number of phenolic OH excluding ortho intramolecular Hbond substituents is 2. The van der Waals surface area contributed by atoms with Gasteiger partial charge in [-0.3, -0.25) is 9.59 Å². The molecule has 0 fully saturated rings. The fourth-order valence-corrected chi connectivity index (χ4v) is 1.69. The molecule has 18 heavy (non-hydrogen) atoms. The number of aromatic hydroxyl groups is 2. The highest BCUT2D eigenvalue weighted by Gasteiger charge is 2.23. The Kier molecular flexibility index (Phi) is 4.53. The molecular formula is C12H14O6. The minimum Gasteiger partial charge on any atom is -0.508 e. The number of rotatable bonds is 6. The van der Waals surface area contributed by atoms with E-state index in [2.05, 4.69) is 0 Å². The Hall–Kier alpha value is -2.24. The van der Waals surface area contributed by atoms with E-state index in [0.717, 1.165) is 0 Å². The molecule has 0 aliphatic carbocycles. The predicted molar refractivity (Wildman–Crippen MR) is 61.6 cm³/mol. The van der Waals surface area contributed by atoms with Gasteiger partial charge in [0.2, 0.25) is 0 Å². The van der Waals surface area contributed by atoms with Gasteiger partial charge < -0.3 is 20.4 Å². The fourth-order valence-electron chi connectivity index (χ4n) is 1.69. The Morgan fingerprint density at radius 3 is 2.39 bits per heavy atom. The van der Waals surface area contributed by atoms with Crippen LogP contribution in [-0.2, 0) is 9.59 Å². The molecular weight excluding hydrogens is 240 g/mol. The molecule has 0 amide bonds. The molecule has 1 rings (SSSR count). The molecule has 0 heterocycles. The zero-order valence-electron chi connectivity index (χ0n) is 9.54. The van der Waals surface area contributed by atoms with Crippen LogP contribution in [0.5, 0.6) is 11.5 Å². The number of carbonyl (C=O) groups is 2. The van der Waals surface area contributed by atoms with E-state index < -0.39 is 17.9 Å². The minimum absolute atomic E-state index is 0.0820. The summed E-state index contributed by atoms with van der Waals surface area (Å²) in [6.45, 7) is 0. The zero-order valence-corrected chi connectivity index (χ0v) is 9.54. The third-order valence-electron chi connectivity index (χ3n) is 2.57. The van der Waals surface area contributed by atoms with Gasteiger partial charge in [0.15, 0.2) is 0 Å². The van der Waals surface area contributed by atoms with Crippen molar-refractivity contribution in [1.82, 2.24) is 0 Å². The van der Waals surface area contributed by atoms with Crippen LogP contribution in [-0.4, -0.2) is 32.4 Å². The van der Waals surface area contributed by atoms with Crippen molar-refractivity contribution in [3.63, 3.8) is 0 Å². The van der Waals surface area contributed by atoms with Crippen LogP contribution in [0.1, 0.15) is 30.7 Å².